The monoisotopic (exact) mass is 749 g/mol. The SMILES string of the molecule is Cc1cc(OCCCc2c3n(c4c(-c5c(C)nn(C)c5C)c(Cl)ccc24)C(C)CN(c2cn(C)c4c(-c5nnnn5C)cccc24)C3=O)cc(C)c1Cl. The number of anilines is 1. The van der Waals surface area contributed by atoms with E-state index < -0.39 is 0 Å². The maximum absolute atomic E-state index is 15.2. The maximum atomic E-state index is 15.2. The largest absolute Gasteiger partial charge is 0.494 e. The summed E-state index contributed by atoms with van der Waals surface area (Å²) < 4.78 is 14.1. The number of aromatic nitrogens is 8. The van der Waals surface area contributed by atoms with E-state index in [0.717, 1.165) is 83.0 Å². The molecule has 1 atom stereocenters. The third-order valence-corrected chi connectivity index (χ3v) is 11.6. The van der Waals surface area contributed by atoms with Gasteiger partial charge in [-0.1, -0.05) is 41.4 Å². The summed E-state index contributed by atoms with van der Waals surface area (Å²) >= 11 is 13.5. The zero-order valence-electron chi connectivity index (χ0n) is 31.1. The van der Waals surface area contributed by atoms with Gasteiger partial charge in [0.2, 0.25) is 0 Å². The molecule has 3 aromatic carbocycles. The minimum absolute atomic E-state index is 0.0564. The molecule has 272 valence electrons. The van der Waals surface area contributed by atoms with Gasteiger partial charge in [0.25, 0.3) is 5.91 Å². The highest BCUT2D eigenvalue weighted by Gasteiger charge is 2.38. The predicted octanol–water partition coefficient (Wildman–Crippen LogP) is 8.50. The Morgan fingerprint density at radius 2 is 1.68 bits per heavy atom. The van der Waals surface area contributed by atoms with Crippen LogP contribution >= 0.6 is 23.2 Å². The molecular weight excluding hydrogens is 709 g/mol. The molecule has 1 aliphatic heterocycles. The number of hydrogen-bond acceptors (Lipinski definition) is 6. The number of ether oxygens (including phenoxy) is 1. The van der Waals surface area contributed by atoms with E-state index in [2.05, 4.69) is 50.6 Å². The second-order valence-corrected chi connectivity index (χ2v) is 15.0. The van der Waals surface area contributed by atoms with Crippen molar-refractivity contribution in [2.45, 2.75) is 53.5 Å². The van der Waals surface area contributed by atoms with Gasteiger partial charge < -0.3 is 18.8 Å². The minimum atomic E-state index is -0.0777. The first kappa shape index (κ1) is 34.9. The van der Waals surface area contributed by atoms with Crippen LogP contribution < -0.4 is 9.64 Å². The number of halogens is 2. The van der Waals surface area contributed by atoms with E-state index in [-0.39, 0.29) is 11.9 Å². The number of amides is 1. The van der Waals surface area contributed by atoms with E-state index in [1.54, 1.807) is 4.68 Å². The van der Waals surface area contributed by atoms with Crippen LogP contribution in [0.25, 0.3) is 44.3 Å². The van der Waals surface area contributed by atoms with E-state index in [4.69, 9.17) is 33.0 Å². The molecule has 0 saturated heterocycles. The van der Waals surface area contributed by atoms with Gasteiger partial charge in [0.1, 0.15) is 11.4 Å². The molecule has 7 aromatic rings. The fourth-order valence-corrected chi connectivity index (χ4v) is 8.59. The van der Waals surface area contributed by atoms with Crippen molar-refractivity contribution in [1.82, 2.24) is 39.1 Å². The Bertz CT molecular complexity index is 2590. The Morgan fingerprint density at radius 1 is 0.925 bits per heavy atom. The van der Waals surface area contributed by atoms with Crippen molar-refractivity contribution in [3.05, 3.63) is 92.5 Å². The Balaban J connectivity index is 1.27. The molecule has 0 fully saturated rings. The lowest BCUT2D eigenvalue weighted by molar-refractivity contribution is 0.0957. The highest BCUT2D eigenvalue weighted by atomic mass is 35.5. The number of aryl methyl sites for hydroxylation is 7. The number of tetrazole rings is 1. The number of carbonyl (C=O) groups excluding carboxylic acids is 1. The van der Waals surface area contributed by atoms with Crippen molar-refractivity contribution >= 4 is 56.6 Å². The Kier molecular flexibility index (Phi) is 8.61. The third kappa shape index (κ3) is 5.51. The molecule has 0 bridgehead atoms. The molecule has 0 N–H and O–H groups in total. The second-order valence-electron chi connectivity index (χ2n) is 14.2. The van der Waals surface area contributed by atoms with Gasteiger partial charge in [0.15, 0.2) is 5.82 Å². The summed E-state index contributed by atoms with van der Waals surface area (Å²) in [4.78, 5) is 17.1. The van der Waals surface area contributed by atoms with Crippen molar-refractivity contribution in [1.29, 1.82) is 0 Å². The topological polar surface area (TPSA) is 101 Å². The lowest BCUT2D eigenvalue weighted by Crippen LogP contribution is -2.42. The number of nitrogens with zero attached hydrogens (tertiary/aromatic N) is 9. The van der Waals surface area contributed by atoms with Gasteiger partial charge in [0, 0.05) is 78.1 Å². The van der Waals surface area contributed by atoms with E-state index in [0.29, 0.717) is 42.5 Å². The van der Waals surface area contributed by atoms with E-state index in [9.17, 15) is 0 Å². The first-order valence-electron chi connectivity index (χ1n) is 17.7. The van der Waals surface area contributed by atoms with E-state index in [1.807, 2.05) is 88.0 Å². The molecule has 0 saturated carbocycles. The van der Waals surface area contributed by atoms with Gasteiger partial charge in [-0.2, -0.15) is 5.10 Å². The number of hydrogen-bond donors (Lipinski definition) is 0. The average Bonchev–Trinajstić information content (AvgIpc) is 3.86. The Labute approximate surface area is 317 Å². The van der Waals surface area contributed by atoms with Crippen LogP contribution in [0.5, 0.6) is 5.75 Å². The molecule has 13 heteroatoms. The average molecular weight is 751 g/mol. The van der Waals surface area contributed by atoms with Crippen molar-refractivity contribution in [3.8, 4) is 28.3 Å². The molecular formula is C40H41Cl2N9O2. The van der Waals surface area contributed by atoms with Gasteiger partial charge in [0.05, 0.1) is 34.0 Å². The number of benzene rings is 3. The fourth-order valence-electron chi connectivity index (χ4n) is 8.24. The molecule has 1 aliphatic rings. The number of fused-ring (bicyclic) bond motifs is 4. The lowest BCUT2D eigenvalue weighted by atomic mass is 9.98. The molecule has 5 heterocycles. The first-order chi connectivity index (χ1) is 25.4. The molecule has 1 amide bonds. The molecule has 11 nitrogen and oxygen atoms in total. The van der Waals surface area contributed by atoms with Gasteiger partial charge in [-0.25, -0.2) is 4.68 Å². The summed E-state index contributed by atoms with van der Waals surface area (Å²) in [6.45, 7) is 11.2. The van der Waals surface area contributed by atoms with Crippen LogP contribution in [0.1, 0.15) is 58.0 Å². The molecule has 53 heavy (non-hydrogen) atoms. The van der Waals surface area contributed by atoms with Crippen LogP contribution in [0.15, 0.2) is 48.7 Å². The van der Waals surface area contributed by atoms with Crippen molar-refractivity contribution in [3.63, 3.8) is 0 Å². The third-order valence-electron chi connectivity index (χ3n) is 10.7. The summed E-state index contributed by atoms with van der Waals surface area (Å²) in [5.74, 6) is 1.38. The minimum Gasteiger partial charge on any atom is -0.494 e. The van der Waals surface area contributed by atoms with Crippen molar-refractivity contribution in [2.75, 3.05) is 18.1 Å². The molecule has 4 aromatic heterocycles. The number of para-hydroxylation sites is 1. The van der Waals surface area contributed by atoms with Crippen LogP contribution in [0, 0.1) is 27.7 Å². The van der Waals surface area contributed by atoms with Crippen LogP contribution in [0.4, 0.5) is 5.69 Å². The summed E-state index contributed by atoms with van der Waals surface area (Å²) in [7, 11) is 5.77. The Morgan fingerprint density at radius 3 is 2.36 bits per heavy atom. The zero-order valence-corrected chi connectivity index (χ0v) is 32.6. The quantitative estimate of drug-likeness (QED) is 0.145. The number of rotatable bonds is 8. The summed E-state index contributed by atoms with van der Waals surface area (Å²) in [5.41, 5.74) is 11.1. The zero-order chi connectivity index (χ0) is 37.5. The standard InChI is InChI=1S/C40H41Cl2N9O2/c1-21-17-26(18-22(2)35(21)42)53-16-10-13-27-28-14-15-31(41)34(33-24(4)44-48(7)25(33)5)37(28)51-23(3)19-50(40(52)38(27)51)32-20-47(6)36-29(32)11-9-12-30(36)39-43-45-46-49(39)8/h9,11-12,14-15,17-18,20,23H,10,13,16,19H2,1-8H3. The highest BCUT2D eigenvalue weighted by molar-refractivity contribution is 6.35. The normalized spacial score (nSPS) is 14.6. The highest BCUT2D eigenvalue weighted by Crippen LogP contribution is 2.46. The fraction of sp³-hybridized carbons (Fsp3) is 0.325. The summed E-state index contributed by atoms with van der Waals surface area (Å²) in [6, 6.07) is 13.9. The van der Waals surface area contributed by atoms with Crippen LogP contribution in [0.3, 0.4) is 0 Å². The Hall–Kier alpha value is -5.13. The van der Waals surface area contributed by atoms with Gasteiger partial charge in [-0.15, -0.1) is 5.10 Å². The van der Waals surface area contributed by atoms with Gasteiger partial charge in [-0.05, 0) is 98.8 Å². The van der Waals surface area contributed by atoms with Crippen molar-refractivity contribution < 1.29 is 9.53 Å². The summed E-state index contributed by atoms with van der Waals surface area (Å²) in [5, 5.41) is 20.3. The molecule has 0 radical (unpaired) electrons. The smallest absolute Gasteiger partial charge is 0.275 e. The maximum Gasteiger partial charge on any atom is 0.275 e. The van der Waals surface area contributed by atoms with Crippen molar-refractivity contribution in [2.24, 2.45) is 21.1 Å². The molecule has 0 aliphatic carbocycles. The van der Waals surface area contributed by atoms with Gasteiger partial charge in [-0.3, -0.25) is 9.48 Å². The van der Waals surface area contributed by atoms with Crippen LogP contribution in [-0.2, 0) is 27.6 Å². The predicted molar refractivity (Wildman–Crippen MR) is 210 cm³/mol. The summed E-state index contributed by atoms with van der Waals surface area (Å²) in [6.07, 6.45) is 3.36. The van der Waals surface area contributed by atoms with Gasteiger partial charge >= 0.3 is 0 Å². The first-order valence-corrected chi connectivity index (χ1v) is 18.5. The second kappa shape index (κ2) is 13.1. The molecule has 0 spiro atoms. The lowest BCUT2D eigenvalue weighted by Gasteiger charge is -2.34. The van der Waals surface area contributed by atoms with Crippen LogP contribution in [0.2, 0.25) is 10.0 Å². The van der Waals surface area contributed by atoms with Crippen LogP contribution in [-0.4, -0.2) is 58.2 Å². The molecule has 8 rings (SSSR count). The molecule has 1 unspecified atom stereocenters. The van der Waals surface area contributed by atoms with E-state index in [1.165, 1.54) is 0 Å². The van der Waals surface area contributed by atoms with E-state index >= 15 is 4.79 Å². The number of carbonyl (C=O) groups is 1.